The lowest BCUT2D eigenvalue weighted by molar-refractivity contribution is -0.137. The number of aromatic nitrogens is 1. The summed E-state index contributed by atoms with van der Waals surface area (Å²) in [6.45, 7) is 3.23. The first kappa shape index (κ1) is 13.5. The molecule has 1 aromatic heterocycles. The van der Waals surface area contributed by atoms with E-state index in [1.165, 1.54) is 12.8 Å². The van der Waals surface area contributed by atoms with Crippen molar-refractivity contribution in [2.24, 2.45) is 0 Å². The van der Waals surface area contributed by atoms with Crippen LogP contribution in [0.3, 0.4) is 0 Å². The summed E-state index contributed by atoms with van der Waals surface area (Å²) in [6, 6.07) is 0.696. The number of carboxylic acid groups (broad SMARTS) is 1. The van der Waals surface area contributed by atoms with Gasteiger partial charge in [0, 0.05) is 17.8 Å². The van der Waals surface area contributed by atoms with Gasteiger partial charge in [-0.1, -0.05) is 6.42 Å². The predicted octanol–water partition coefficient (Wildman–Crippen LogP) is 2.92. The monoisotopic (exact) mass is 268 g/mol. The molecule has 1 saturated heterocycles. The van der Waals surface area contributed by atoms with Crippen LogP contribution in [0.25, 0.3) is 0 Å². The summed E-state index contributed by atoms with van der Waals surface area (Å²) in [7, 11) is 0. The van der Waals surface area contributed by atoms with E-state index in [2.05, 4.69) is 22.2 Å². The summed E-state index contributed by atoms with van der Waals surface area (Å²) in [5.74, 6) is -0.693. The van der Waals surface area contributed by atoms with E-state index < -0.39 is 5.97 Å². The van der Waals surface area contributed by atoms with E-state index in [1.807, 2.05) is 5.51 Å². The minimum atomic E-state index is -0.693. The first-order valence-corrected chi connectivity index (χ1v) is 7.48. The molecule has 18 heavy (non-hydrogen) atoms. The predicted molar refractivity (Wildman–Crippen MR) is 71.7 cm³/mol. The zero-order valence-electron chi connectivity index (χ0n) is 10.7. The highest BCUT2D eigenvalue weighted by atomic mass is 32.1. The lowest BCUT2D eigenvalue weighted by Crippen LogP contribution is -2.41. The zero-order valence-corrected chi connectivity index (χ0v) is 11.5. The van der Waals surface area contributed by atoms with E-state index in [4.69, 9.17) is 5.11 Å². The Morgan fingerprint density at radius 1 is 1.67 bits per heavy atom. The quantitative estimate of drug-likeness (QED) is 0.892. The van der Waals surface area contributed by atoms with Crippen molar-refractivity contribution in [3.63, 3.8) is 0 Å². The number of carboxylic acids is 1. The molecular formula is C13H20N2O2S. The van der Waals surface area contributed by atoms with E-state index >= 15 is 0 Å². The molecule has 1 aromatic rings. The number of nitrogens with zero attached hydrogens (tertiary/aromatic N) is 2. The molecule has 0 bridgehead atoms. The van der Waals surface area contributed by atoms with E-state index in [-0.39, 0.29) is 6.42 Å². The number of hydrogen-bond acceptors (Lipinski definition) is 4. The van der Waals surface area contributed by atoms with Gasteiger partial charge >= 0.3 is 5.97 Å². The van der Waals surface area contributed by atoms with Crippen molar-refractivity contribution in [3.8, 4) is 0 Å². The van der Waals surface area contributed by atoms with E-state index in [9.17, 15) is 4.79 Å². The summed E-state index contributed by atoms with van der Waals surface area (Å²) < 4.78 is 0. The van der Waals surface area contributed by atoms with Crippen LogP contribution in [-0.4, -0.2) is 33.5 Å². The van der Waals surface area contributed by atoms with Gasteiger partial charge in [0.2, 0.25) is 0 Å². The number of aliphatic carboxylic acids is 1. The Morgan fingerprint density at radius 3 is 3.17 bits per heavy atom. The average Bonchev–Trinajstić information content (AvgIpc) is 2.89. The second-order valence-electron chi connectivity index (χ2n) is 4.91. The van der Waals surface area contributed by atoms with Crippen LogP contribution in [0, 0.1) is 0 Å². The molecule has 0 aromatic carbocycles. The molecule has 0 aliphatic carbocycles. The van der Waals surface area contributed by atoms with Crippen molar-refractivity contribution in [2.75, 3.05) is 6.54 Å². The maximum absolute atomic E-state index is 10.7. The standard InChI is InChI=1S/C13H20N2O2S/c1-10(12-8-18-9-14-12)15-7-3-2-4-11(15)5-6-13(16)17/h8-11H,2-7H2,1H3,(H,16,17). The van der Waals surface area contributed by atoms with Crippen molar-refractivity contribution in [2.45, 2.75) is 51.1 Å². The normalized spacial score (nSPS) is 22.8. The average molecular weight is 268 g/mol. The van der Waals surface area contributed by atoms with Crippen molar-refractivity contribution in [3.05, 3.63) is 16.6 Å². The van der Waals surface area contributed by atoms with Gasteiger partial charge in [0.15, 0.2) is 0 Å². The Labute approximate surface area is 112 Å². The molecule has 1 fully saturated rings. The lowest BCUT2D eigenvalue weighted by Gasteiger charge is -2.39. The van der Waals surface area contributed by atoms with Crippen molar-refractivity contribution < 1.29 is 9.90 Å². The minimum absolute atomic E-state index is 0.269. The van der Waals surface area contributed by atoms with Gasteiger partial charge in [0.25, 0.3) is 0 Å². The maximum Gasteiger partial charge on any atom is 0.303 e. The molecule has 5 heteroatoms. The van der Waals surface area contributed by atoms with Gasteiger partial charge in [-0.05, 0) is 32.7 Å². The van der Waals surface area contributed by atoms with Crippen LogP contribution < -0.4 is 0 Å². The number of carbonyl (C=O) groups is 1. The van der Waals surface area contributed by atoms with Gasteiger partial charge in [0.1, 0.15) is 0 Å². The SMILES string of the molecule is CC(c1cscn1)N1CCCCC1CCC(=O)O. The van der Waals surface area contributed by atoms with Gasteiger partial charge in [-0.15, -0.1) is 11.3 Å². The highest BCUT2D eigenvalue weighted by Gasteiger charge is 2.28. The third-order valence-electron chi connectivity index (χ3n) is 3.74. The van der Waals surface area contributed by atoms with Crippen LogP contribution in [0.15, 0.2) is 10.9 Å². The van der Waals surface area contributed by atoms with Gasteiger partial charge in [-0.2, -0.15) is 0 Å². The van der Waals surface area contributed by atoms with Crippen LogP contribution in [0.5, 0.6) is 0 Å². The van der Waals surface area contributed by atoms with Crippen molar-refractivity contribution in [1.82, 2.24) is 9.88 Å². The Bertz CT molecular complexity index is 380. The smallest absolute Gasteiger partial charge is 0.303 e. The maximum atomic E-state index is 10.7. The molecule has 1 aliphatic rings. The van der Waals surface area contributed by atoms with Gasteiger partial charge in [-0.3, -0.25) is 9.69 Å². The number of thiazole rings is 1. The fourth-order valence-corrected chi connectivity index (χ4v) is 3.37. The number of piperidine rings is 1. The third kappa shape index (κ3) is 3.29. The molecule has 2 rings (SSSR count). The van der Waals surface area contributed by atoms with Gasteiger partial charge in [-0.25, -0.2) is 4.98 Å². The van der Waals surface area contributed by atoms with E-state index in [1.54, 1.807) is 11.3 Å². The molecular weight excluding hydrogens is 248 g/mol. The largest absolute Gasteiger partial charge is 0.481 e. The zero-order chi connectivity index (χ0) is 13.0. The molecule has 0 saturated carbocycles. The minimum Gasteiger partial charge on any atom is -0.481 e. The summed E-state index contributed by atoms with van der Waals surface area (Å²) in [6.07, 6.45) is 4.55. The molecule has 0 amide bonds. The molecule has 2 heterocycles. The number of hydrogen-bond donors (Lipinski definition) is 1. The van der Waals surface area contributed by atoms with Crippen LogP contribution in [0.2, 0.25) is 0 Å². The highest BCUT2D eigenvalue weighted by Crippen LogP contribution is 2.30. The summed E-state index contributed by atoms with van der Waals surface area (Å²) in [4.78, 5) is 17.5. The Hall–Kier alpha value is -0.940. The fraction of sp³-hybridized carbons (Fsp3) is 0.692. The lowest BCUT2D eigenvalue weighted by atomic mass is 9.95. The summed E-state index contributed by atoms with van der Waals surface area (Å²) in [5.41, 5.74) is 2.98. The van der Waals surface area contributed by atoms with Crippen molar-refractivity contribution >= 4 is 17.3 Å². The number of rotatable bonds is 5. The molecule has 100 valence electrons. The van der Waals surface area contributed by atoms with Gasteiger partial charge < -0.3 is 5.11 Å². The van der Waals surface area contributed by atoms with E-state index in [0.29, 0.717) is 12.1 Å². The summed E-state index contributed by atoms with van der Waals surface area (Å²) in [5, 5.41) is 10.9. The summed E-state index contributed by atoms with van der Waals surface area (Å²) >= 11 is 1.62. The molecule has 0 spiro atoms. The number of likely N-dealkylation sites (tertiary alicyclic amines) is 1. The molecule has 0 radical (unpaired) electrons. The van der Waals surface area contributed by atoms with Crippen LogP contribution in [-0.2, 0) is 4.79 Å². The molecule has 4 nitrogen and oxygen atoms in total. The molecule has 2 atom stereocenters. The topological polar surface area (TPSA) is 53.4 Å². The second-order valence-corrected chi connectivity index (χ2v) is 5.63. The van der Waals surface area contributed by atoms with Crippen LogP contribution in [0.1, 0.15) is 50.8 Å². The van der Waals surface area contributed by atoms with Gasteiger partial charge in [0.05, 0.1) is 17.2 Å². The van der Waals surface area contributed by atoms with E-state index in [0.717, 1.165) is 25.1 Å². The third-order valence-corrected chi connectivity index (χ3v) is 4.35. The highest BCUT2D eigenvalue weighted by molar-refractivity contribution is 7.07. The Kier molecular flexibility index (Phi) is 4.72. The Balaban J connectivity index is 2.00. The Morgan fingerprint density at radius 2 is 2.50 bits per heavy atom. The van der Waals surface area contributed by atoms with Crippen LogP contribution in [0.4, 0.5) is 0 Å². The molecule has 1 N–H and O–H groups in total. The first-order chi connectivity index (χ1) is 8.68. The molecule has 2 unspecified atom stereocenters. The fourth-order valence-electron chi connectivity index (χ4n) is 2.73. The van der Waals surface area contributed by atoms with Crippen LogP contribution >= 0.6 is 11.3 Å². The second kappa shape index (κ2) is 6.29. The van der Waals surface area contributed by atoms with Crippen molar-refractivity contribution in [1.29, 1.82) is 0 Å². The molecule has 1 aliphatic heterocycles. The first-order valence-electron chi connectivity index (χ1n) is 6.54.